The highest BCUT2D eigenvalue weighted by Crippen LogP contribution is 2.19. The van der Waals surface area contributed by atoms with Crippen LogP contribution in [0.25, 0.3) is 0 Å². The number of rotatable bonds is 6. The van der Waals surface area contributed by atoms with Gasteiger partial charge in [-0.3, -0.25) is 14.9 Å². The van der Waals surface area contributed by atoms with Gasteiger partial charge in [-0.05, 0) is 64.0 Å². The molecule has 0 spiro atoms. The predicted molar refractivity (Wildman–Crippen MR) is 114 cm³/mol. The first-order valence-corrected chi connectivity index (χ1v) is 9.38. The van der Waals surface area contributed by atoms with Gasteiger partial charge < -0.3 is 4.74 Å². The topological polar surface area (TPSA) is 111 Å². The zero-order chi connectivity index (χ0) is 21.5. The maximum atomic E-state index is 12.2. The van der Waals surface area contributed by atoms with Crippen molar-refractivity contribution < 1.29 is 19.2 Å². The van der Waals surface area contributed by atoms with Gasteiger partial charge in [0.05, 0.1) is 16.7 Å². The largest absolute Gasteiger partial charge is 0.423 e. The molecule has 9 heteroatoms. The van der Waals surface area contributed by atoms with Crippen LogP contribution in [0.5, 0.6) is 5.75 Å². The van der Waals surface area contributed by atoms with Crippen LogP contribution in [0, 0.1) is 10.1 Å². The van der Waals surface area contributed by atoms with Crippen LogP contribution in [-0.2, 0) is 0 Å². The van der Waals surface area contributed by atoms with Crippen LogP contribution in [0.15, 0.2) is 82.4 Å². The number of nitro benzene ring substituents is 1. The first-order valence-electron chi connectivity index (χ1n) is 8.58. The van der Waals surface area contributed by atoms with Gasteiger partial charge in [0, 0.05) is 22.2 Å². The quantitative estimate of drug-likeness (QED) is 0.190. The molecule has 0 aliphatic carbocycles. The van der Waals surface area contributed by atoms with Crippen molar-refractivity contribution in [2.75, 3.05) is 0 Å². The number of carbonyl (C=O) groups excluding carboxylic acids is 2. The Labute approximate surface area is 179 Å². The van der Waals surface area contributed by atoms with Crippen molar-refractivity contribution in [2.24, 2.45) is 5.10 Å². The molecule has 0 aromatic heterocycles. The van der Waals surface area contributed by atoms with E-state index in [1.165, 1.54) is 30.5 Å². The summed E-state index contributed by atoms with van der Waals surface area (Å²) in [5.74, 6) is -0.712. The first kappa shape index (κ1) is 20.9. The Hall–Kier alpha value is -3.85. The third-order valence-electron chi connectivity index (χ3n) is 3.88. The molecular formula is C21H14BrN3O5. The molecule has 0 atom stereocenters. The van der Waals surface area contributed by atoms with E-state index in [0.29, 0.717) is 21.3 Å². The standard InChI is InChI=1S/C21H14BrN3O5/c22-19-7-2-1-6-18(19)21(27)30-17-10-8-14(9-11-17)13-23-24-20(26)15-4-3-5-16(12-15)25(28)29/h1-13H,(H,24,26)/b23-13-. The fraction of sp³-hybridized carbons (Fsp3) is 0. The molecular weight excluding hydrogens is 454 g/mol. The van der Waals surface area contributed by atoms with E-state index in [1.54, 1.807) is 48.5 Å². The smallest absolute Gasteiger partial charge is 0.344 e. The molecule has 8 nitrogen and oxygen atoms in total. The van der Waals surface area contributed by atoms with Gasteiger partial charge in [-0.2, -0.15) is 5.10 Å². The number of nitro groups is 1. The Bertz CT molecular complexity index is 1130. The zero-order valence-electron chi connectivity index (χ0n) is 15.3. The van der Waals surface area contributed by atoms with Crippen LogP contribution >= 0.6 is 15.9 Å². The highest BCUT2D eigenvalue weighted by molar-refractivity contribution is 9.10. The number of hydrogen-bond acceptors (Lipinski definition) is 6. The number of non-ortho nitro benzene ring substituents is 1. The Morgan fingerprint density at radius 1 is 1.03 bits per heavy atom. The molecule has 0 bridgehead atoms. The maximum absolute atomic E-state index is 12.2. The van der Waals surface area contributed by atoms with Gasteiger partial charge in [0.15, 0.2) is 0 Å². The molecule has 150 valence electrons. The number of halogens is 1. The van der Waals surface area contributed by atoms with E-state index >= 15 is 0 Å². The number of ether oxygens (including phenoxy) is 1. The third kappa shape index (κ3) is 5.36. The Kier molecular flexibility index (Phi) is 6.66. The molecule has 0 radical (unpaired) electrons. The molecule has 0 heterocycles. The van der Waals surface area contributed by atoms with E-state index in [9.17, 15) is 19.7 Å². The van der Waals surface area contributed by atoms with Crippen molar-refractivity contribution in [1.29, 1.82) is 0 Å². The van der Waals surface area contributed by atoms with E-state index in [-0.39, 0.29) is 11.3 Å². The normalized spacial score (nSPS) is 10.6. The highest BCUT2D eigenvalue weighted by Gasteiger charge is 2.12. The van der Waals surface area contributed by atoms with E-state index in [1.807, 2.05) is 0 Å². The van der Waals surface area contributed by atoms with Crippen LogP contribution in [0.4, 0.5) is 5.69 Å². The van der Waals surface area contributed by atoms with Gasteiger partial charge in [-0.1, -0.05) is 18.2 Å². The minimum Gasteiger partial charge on any atom is -0.423 e. The van der Waals surface area contributed by atoms with Crippen LogP contribution in [0.3, 0.4) is 0 Å². The Balaban J connectivity index is 1.59. The number of esters is 1. The second-order valence-corrected chi connectivity index (χ2v) is 6.80. The summed E-state index contributed by atoms with van der Waals surface area (Å²) in [6, 6.07) is 18.8. The van der Waals surface area contributed by atoms with Gasteiger partial charge in [0.1, 0.15) is 5.75 Å². The number of hydrazone groups is 1. The molecule has 1 amide bonds. The molecule has 0 fully saturated rings. The molecule has 3 rings (SSSR count). The summed E-state index contributed by atoms with van der Waals surface area (Å²) >= 11 is 3.30. The summed E-state index contributed by atoms with van der Waals surface area (Å²) in [6.07, 6.45) is 1.40. The molecule has 0 saturated heterocycles. The summed E-state index contributed by atoms with van der Waals surface area (Å²) in [5.41, 5.74) is 3.30. The minimum atomic E-state index is -0.578. The molecule has 3 aromatic rings. The summed E-state index contributed by atoms with van der Waals surface area (Å²) in [7, 11) is 0. The third-order valence-corrected chi connectivity index (χ3v) is 4.57. The Morgan fingerprint density at radius 3 is 2.47 bits per heavy atom. The lowest BCUT2D eigenvalue weighted by Gasteiger charge is -2.06. The monoisotopic (exact) mass is 467 g/mol. The number of carbonyl (C=O) groups is 2. The van der Waals surface area contributed by atoms with Crippen LogP contribution in [-0.4, -0.2) is 23.0 Å². The van der Waals surface area contributed by atoms with Crippen molar-refractivity contribution in [3.63, 3.8) is 0 Å². The predicted octanol–water partition coefficient (Wildman–Crippen LogP) is 4.34. The van der Waals surface area contributed by atoms with Crippen molar-refractivity contribution in [3.8, 4) is 5.75 Å². The number of nitrogens with zero attached hydrogens (tertiary/aromatic N) is 2. The van der Waals surface area contributed by atoms with Crippen molar-refractivity contribution in [3.05, 3.63) is 104 Å². The number of hydrogen-bond donors (Lipinski definition) is 1. The fourth-order valence-electron chi connectivity index (χ4n) is 2.40. The fourth-order valence-corrected chi connectivity index (χ4v) is 2.85. The van der Waals surface area contributed by atoms with Gasteiger partial charge in [-0.25, -0.2) is 10.2 Å². The lowest BCUT2D eigenvalue weighted by atomic mass is 10.2. The summed E-state index contributed by atoms with van der Waals surface area (Å²) in [5, 5.41) is 14.6. The summed E-state index contributed by atoms with van der Waals surface area (Å²) in [6.45, 7) is 0. The molecule has 1 N–H and O–H groups in total. The lowest BCUT2D eigenvalue weighted by molar-refractivity contribution is -0.384. The van der Waals surface area contributed by atoms with E-state index in [2.05, 4.69) is 26.5 Å². The lowest BCUT2D eigenvalue weighted by Crippen LogP contribution is -2.17. The first-order chi connectivity index (χ1) is 14.4. The van der Waals surface area contributed by atoms with Crippen molar-refractivity contribution >= 4 is 39.7 Å². The molecule has 0 saturated carbocycles. The number of benzene rings is 3. The van der Waals surface area contributed by atoms with Crippen LogP contribution in [0.1, 0.15) is 26.3 Å². The number of nitrogens with one attached hydrogen (secondary N) is 1. The van der Waals surface area contributed by atoms with Gasteiger partial charge in [0.25, 0.3) is 11.6 Å². The van der Waals surface area contributed by atoms with Gasteiger partial charge in [-0.15, -0.1) is 0 Å². The van der Waals surface area contributed by atoms with Crippen LogP contribution in [0.2, 0.25) is 0 Å². The second-order valence-electron chi connectivity index (χ2n) is 5.94. The molecule has 0 aliphatic rings. The zero-order valence-corrected chi connectivity index (χ0v) is 16.9. The van der Waals surface area contributed by atoms with E-state index in [4.69, 9.17) is 4.74 Å². The van der Waals surface area contributed by atoms with Gasteiger partial charge in [0.2, 0.25) is 0 Å². The highest BCUT2D eigenvalue weighted by atomic mass is 79.9. The number of amides is 1. The molecule has 0 unspecified atom stereocenters. The summed E-state index contributed by atoms with van der Waals surface area (Å²) in [4.78, 5) is 34.4. The summed E-state index contributed by atoms with van der Waals surface area (Å²) < 4.78 is 5.97. The van der Waals surface area contributed by atoms with Crippen LogP contribution < -0.4 is 10.2 Å². The van der Waals surface area contributed by atoms with Crippen molar-refractivity contribution in [1.82, 2.24) is 5.43 Å². The van der Waals surface area contributed by atoms with Gasteiger partial charge >= 0.3 is 5.97 Å². The SMILES string of the molecule is O=C(N/N=C\c1ccc(OC(=O)c2ccccc2Br)cc1)c1cccc([N+](=O)[O-])c1. The molecule has 3 aromatic carbocycles. The molecule has 30 heavy (non-hydrogen) atoms. The van der Waals surface area contributed by atoms with E-state index in [0.717, 1.165) is 0 Å². The maximum Gasteiger partial charge on any atom is 0.344 e. The van der Waals surface area contributed by atoms with E-state index < -0.39 is 16.8 Å². The van der Waals surface area contributed by atoms with Crippen molar-refractivity contribution in [2.45, 2.75) is 0 Å². The minimum absolute atomic E-state index is 0.121. The average Bonchev–Trinajstić information content (AvgIpc) is 2.75. The molecule has 0 aliphatic heterocycles. The second kappa shape index (κ2) is 9.57. The Morgan fingerprint density at radius 2 is 1.77 bits per heavy atom. The average molecular weight is 468 g/mol.